The number of nitrogens with zero attached hydrogens (tertiary/aromatic N) is 2. The Morgan fingerprint density at radius 1 is 0.958 bits per heavy atom. The predicted molar refractivity (Wildman–Crippen MR) is 90.9 cm³/mol. The molecule has 0 saturated heterocycles. The Morgan fingerprint density at radius 3 is 2.54 bits per heavy atom. The highest BCUT2D eigenvalue weighted by molar-refractivity contribution is 6.30. The smallest absolute Gasteiger partial charge is 0.321 e. The van der Waals surface area contributed by atoms with E-state index in [4.69, 9.17) is 25.8 Å². The largest absolute Gasteiger partial charge is 0.496 e. The van der Waals surface area contributed by atoms with Crippen molar-refractivity contribution in [3.05, 3.63) is 71.5 Å². The van der Waals surface area contributed by atoms with Gasteiger partial charge in [0.15, 0.2) is 0 Å². The Balaban J connectivity index is 1.70. The Kier molecular flexibility index (Phi) is 5.13. The first-order valence-electron chi connectivity index (χ1n) is 7.25. The summed E-state index contributed by atoms with van der Waals surface area (Å²) < 4.78 is 16.7. The fraction of sp³-hybridized carbons (Fsp3) is 0.111. The van der Waals surface area contributed by atoms with Crippen LogP contribution in [-0.4, -0.2) is 17.1 Å². The highest BCUT2D eigenvalue weighted by atomic mass is 35.5. The highest BCUT2D eigenvalue weighted by Crippen LogP contribution is 2.26. The van der Waals surface area contributed by atoms with Crippen LogP contribution >= 0.6 is 11.6 Å². The Hall–Kier alpha value is -2.79. The van der Waals surface area contributed by atoms with Crippen LogP contribution in [0, 0.1) is 0 Å². The third-order valence-corrected chi connectivity index (χ3v) is 3.43. The quantitative estimate of drug-likeness (QED) is 0.659. The summed E-state index contributed by atoms with van der Waals surface area (Å²) in [5.74, 6) is 1.98. The summed E-state index contributed by atoms with van der Waals surface area (Å²) in [5.41, 5.74) is 0.864. The summed E-state index contributed by atoms with van der Waals surface area (Å²) in [4.78, 5) is 8.05. The minimum Gasteiger partial charge on any atom is -0.496 e. The maximum absolute atomic E-state index is 6.03. The van der Waals surface area contributed by atoms with E-state index in [1.54, 1.807) is 37.7 Å². The van der Waals surface area contributed by atoms with Gasteiger partial charge >= 0.3 is 6.01 Å². The van der Waals surface area contributed by atoms with Gasteiger partial charge in [-0.1, -0.05) is 17.7 Å². The Labute approximate surface area is 144 Å². The van der Waals surface area contributed by atoms with Crippen molar-refractivity contribution in [2.75, 3.05) is 7.11 Å². The molecule has 0 amide bonds. The standard InChI is InChI=1S/C18H15ClN2O3/c1-22-17-7-6-14(19)10-13(17)12-23-15-4-2-5-16(11-15)24-18-20-8-3-9-21-18/h2-11H,12H2,1H3. The molecule has 5 nitrogen and oxygen atoms in total. The molecule has 6 heteroatoms. The average Bonchev–Trinajstić information content (AvgIpc) is 2.61. The monoisotopic (exact) mass is 342 g/mol. The second-order valence-electron chi connectivity index (χ2n) is 4.85. The number of aromatic nitrogens is 2. The van der Waals surface area contributed by atoms with Crippen molar-refractivity contribution in [2.24, 2.45) is 0 Å². The van der Waals surface area contributed by atoms with Crippen molar-refractivity contribution in [3.8, 4) is 23.3 Å². The first-order chi connectivity index (χ1) is 11.7. The fourth-order valence-corrected chi connectivity index (χ4v) is 2.29. The van der Waals surface area contributed by atoms with Gasteiger partial charge in [-0.05, 0) is 36.4 Å². The molecule has 0 spiro atoms. The van der Waals surface area contributed by atoms with Gasteiger partial charge in [-0.25, -0.2) is 9.97 Å². The number of methoxy groups -OCH3 is 1. The lowest BCUT2D eigenvalue weighted by atomic mass is 10.2. The lowest BCUT2D eigenvalue weighted by molar-refractivity contribution is 0.295. The van der Waals surface area contributed by atoms with E-state index in [1.165, 1.54) is 0 Å². The zero-order chi connectivity index (χ0) is 16.8. The third-order valence-electron chi connectivity index (χ3n) is 3.19. The van der Waals surface area contributed by atoms with E-state index in [0.29, 0.717) is 23.1 Å². The van der Waals surface area contributed by atoms with Crippen LogP contribution in [-0.2, 0) is 6.61 Å². The number of rotatable bonds is 6. The average molecular weight is 343 g/mol. The maximum atomic E-state index is 6.03. The molecule has 3 aromatic rings. The van der Waals surface area contributed by atoms with Gasteiger partial charge < -0.3 is 14.2 Å². The van der Waals surface area contributed by atoms with Gasteiger partial charge in [0.2, 0.25) is 0 Å². The molecule has 24 heavy (non-hydrogen) atoms. The number of ether oxygens (including phenoxy) is 3. The van der Waals surface area contributed by atoms with Gasteiger partial charge in [0, 0.05) is 29.0 Å². The first-order valence-corrected chi connectivity index (χ1v) is 7.62. The molecule has 1 aromatic heterocycles. The summed E-state index contributed by atoms with van der Waals surface area (Å²) >= 11 is 6.03. The molecule has 122 valence electrons. The molecule has 0 atom stereocenters. The van der Waals surface area contributed by atoms with Gasteiger partial charge in [-0.15, -0.1) is 0 Å². The second kappa shape index (κ2) is 7.66. The zero-order valence-electron chi connectivity index (χ0n) is 13.0. The van der Waals surface area contributed by atoms with Gasteiger partial charge in [-0.3, -0.25) is 0 Å². The van der Waals surface area contributed by atoms with Crippen LogP contribution < -0.4 is 14.2 Å². The van der Waals surface area contributed by atoms with Crippen molar-refractivity contribution in [2.45, 2.75) is 6.61 Å². The number of hydrogen-bond acceptors (Lipinski definition) is 5. The molecular formula is C18H15ClN2O3. The van der Waals surface area contributed by atoms with Crippen molar-refractivity contribution in [1.29, 1.82) is 0 Å². The van der Waals surface area contributed by atoms with E-state index >= 15 is 0 Å². The molecule has 2 aromatic carbocycles. The van der Waals surface area contributed by atoms with E-state index in [-0.39, 0.29) is 6.01 Å². The highest BCUT2D eigenvalue weighted by Gasteiger charge is 2.06. The van der Waals surface area contributed by atoms with E-state index in [9.17, 15) is 0 Å². The van der Waals surface area contributed by atoms with Crippen molar-refractivity contribution in [3.63, 3.8) is 0 Å². The van der Waals surface area contributed by atoms with Gasteiger partial charge in [-0.2, -0.15) is 0 Å². The van der Waals surface area contributed by atoms with E-state index in [0.717, 1.165) is 11.3 Å². The van der Waals surface area contributed by atoms with Gasteiger partial charge in [0.05, 0.1) is 7.11 Å². The Bertz CT molecular complexity index is 812. The summed E-state index contributed by atoms with van der Waals surface area (Å²) in [5, 5.41) is 0.632. The van der Waals surface area contributed by atoms with Crippen molar-refractivity contribution >= 4 is 11.6 Å². The molecule has 0 radical (unpaired) electrons. The number of benzene rings is 2. The SMILES string of the molecule is COc1ccc(Cl)cc1COc1cccc(Oc2ncccn2)c1. The molecule has 3 rings (SSSR count). The van der Waals surface area contributed by atoms with Crippen LogP contribution in [0.3, 0.4) is 0 Å². The molecule has 0 N–H and O–H groups in total. The fourth-order valence-electron chi connectivity index (χ4n) is 2.09. The first kappa shape index (κ1) is 16.1. The van der Waals surface area contributed by atoms with Gasteiger partial charge in [0.25, 0.3) is 0 Å². The predicted octanol–water partition coefficient (Wildman–Crippen LogP) is 4.51. The van der Waals surface area contributed by atoms with Crippen molar-refractivity contribution < 1.29 is 14.2 Å². The van der Waals surface area contributed by atoms with E-state index < -0.39 is 0 Å². The molecule has 0 saturated carbocycles. The number of halogens is 1. The summed E-state index contributed by atoms with van der Waals surface area (Å²) in [6.07, 6.45) is 3.24. The number of hydrogen-bond donors (Lipinski definition) is 0. The van der Waals surface area contributed by atoms with Crippen molar-refractivity contribution in [1.82, 2.24) is 9.97 Å². The second-order valence-corrected chi connectivity index (χ2v) is 5.29. The molecule has 0 unspecified atom stereocenters. The molecule has 0 aliphatic rings. The zero-order valence-corrected chi connectivity index (χ0v) is 13.7. The van der Waals surface area contributed by atoms with E-state index in [1.807, 2.05) is 30.3 Å². The topological polar surface area (TPSA) is 53.5 Å². The lowest BCUT2D eigenvalue weighted by Gasteiger charge is -2.11. The van der Waals surface area contributed by atoms with Gasteiger partial charge in [0.1, 0.15) is 23.9 Å². The lowest BCUT2D eigenvalue weighted by Crippen LogP contribution is -1.99. The van der Waals surface area contributed by atoms with Crippen LogP contribution in [0.5, 0.6) is 23.3 Å². The van der Waals surface area contributed by atoms with Crippen LogP contribution in [0.4, 0.5) is 0 Å². The maximum Gasteiger partial charge on any atom is 0.321 e. The molecule has 1 heterocycles. The molecule has 0 bridgehead atoms. The van der Waals surface area contributed by atoms with E-state index in [2.05, 4.69) is 9.97 Å². The summed E-state index contributed by atoms with van der Waals surface area (Å²) in [7, 11) is 1.61. The third kappa shape index (κ3) is 4.14. The summed E-state index contributed by atoms with van der Waals surface area (Å²) in [6, 6.07) is 14.7. The molecule has 0 aliphatic heterocycles. The molecular weight excluding hydrogens is 328 g/mol. The summed E-state index contributed by atoms with van der Waals surface area (Å²) in [6.45, 7) is 0.328. The normalized spacial score (nSPS) is 10.2. The Morgan fingerprint density at radius 2 is 1.75 bits per heavy atom. The van der Waals surface area contributed by atoms with Crippen LogP contribution in [0.15, 0.2) is 60.9 Å². The minimum absolute atomic E-state index is 0.283. The van der Waals surface area contributed by atoms with Crippen LogP contribution in [0.1, 0.15) is 5.56 Å². The molecule has 0 fully saturated rings. The molecule has 0 aliphatic carbocycles. The van der Waals surface area contributed by atoms with Crippen LogP contribution in [0.25, 0.3) is 0 Å². The minimum atomic E-state index is 0.283. The van der Waals surface area contributed by atoms with Crippen LogP contribution in [0.2, 0.25) is 5.02 Å².